The van der Waals surface area contributed by atoms with Gasteiger partial charge in [0, 0.05) is 19.6 Å². The van der Waals surface area contributed by atoms with Crippen molar-refractivity contribution in [1.82, 2.24) is 9.21 Å². The zero-order valence-electron chi connectivity index (χ0n) is 15.3. The zero-order chi connectivity index (χ0) is 20.6. The number of aliphatic hydroxyl groups is 2. The van der Waals surface area contributed by atoms with Crippen molar-refractivity contribution in [3.63, 3.8) is 0 Å². The van der Waals surface area contributed by atoms with Crippen molar-refractivity contribution in [2.75, 3.05) is 32.7 Å². The number of likely N-dealkylation sites (tertiary alicyclic amines) is 1. The van der Waals surface area contributed by atoms with Crippen LogP contribution < -0.4 is 0 Å². The molecular formula is C18H25F3N2O4S. The lowest BCUT2D eigenvalue weighted by atomic mass is 9.88. The number of sulfonamides is 1. The van der Waals surface area contributed by atoms with Crippen molar-refractivity contribution < 1.29 is 31.8 Å². The summed E-state index contributed by atoms with van der Waals surface area (Å²) in [6, 6.07) is 7.81. The van der Waals surface area contributed by atoms with E-state index in [0.717, 1.165) is 4.31 Å². The molecule has 2 aliphatic rings. The van der Waals surface area contributed by atoms with E-state index in [-0.39, 0.29) is 56.9 Å². The molecular weight excluding hydrogens is 397 g/mol. The van der Waals surface area contributed by atoms with Crippen LogP contribution in [0.15, 0.2) is 35.2 Å². The Labute approximate surface area is 162 Å². The fraction of sp³-hybridized carbons (Fsp3) is 0.667. The van der Waals surface area contributed by atoms with E-state index in [9.17, 15) is 31.8 Å². The second-order valence-corrected chi connectivity index (χ2v) is 9.59. The first kappa shape index (κ1) is 21.5. The summed E-state index contributed by atoms with van der Waals surface area (Å²) in [4.78, 5) is 1.77. The van der Waals surface area contributed by atoms with Crippen molar-refractivity contribution in [2.45, 2.75) is 42.0 Å². The highest BCUT2D eigenvalue weighted by Crippen LogP contribution is 2.35. The molecule has 2 heterocycles. The Morgan fingerprint density at radius 2 is 1.68 bits per heavy atom. The van der Waals surface area contributed by atoms with E-state index in [4.69, 9.17) is 0 Å². The maximum Gasteiger partial charge on any atom is 0.391 e. The average molecular weight is 422 g/mol. The summed E-state index contributed by atoms with van der Waals surface area (Å²) in [5.41, 5.74) is -1.73. The number of hydrogen-bond donors (Lipinski definition) is 2. The Morgan fingerprint density at radius 1 is 1.07 bits per heavy atom. The van der Waals surface area contributed by atoms with Crippen molar-refractivity contribution in [3.8, 4) is 0 Å². The average Bonchev–Trinajstić information content (AvgIpc) is 2.64. The van der Waals surface area contributed by atoms with Gasteiger partial charge in [-0.05, 0) is 44.5 Å². The molecule has 2 atom stereocenters. The molecule has 0 aromatic heterocycles. The van der Waals surface area contributed by atoms with Gasteiger partial charge in [-0.15, -0.1) is 0 Å². The maximum absolute atomic E-state index is 12.8. The summed E-state index contributed by atoms with van der Waals surface area (Å²) in [5.74, 6) is -1.36. The molecule has 6 nitrogen and oxygen atoms in total. The van der Waals surface area contributed by atoms with Crippen molar-refractivity contribution in [2.24, 2.45) is 5.92 Å². The van der Waals surface area contributed by atoms with Gasteiger partial charge >= 0.3 is 6.18 Å². The number of hydrogen-bond acceptors (Lipinski definition) is 5. The molecule has 10 heteroatoms. The molecule has 0 radical (unpaired) electrons. The van der Waals surface area contributed by atoms with Gasteiger partial charge in [-0.2, -0.15) is 17.5 Å². The van der Waals surface area contributed by atoms with E-state index in [1.54, 1.807) is 23.1 Å². The fourth-order valence-corrected chi connectivity index (χ4v) is 5.47. The first-order valence-corrected chi connectivity index (χ1v) is 10.7. The van der Waals surface area contributed by atoms with Crippen LogP contribution in [-0.4, -0.2) is 78.4 Å². The van der Waals surface area contributed by atoms with Crippen LogP contribution in [0.1, 0.15) is 19.3 Å². The predicted octanol–water partition coefficient (Wildman–Crippen LogP) is 1.45. The third-order valence-electron chi connectivity index (χ3n) is 5.65. The highest BCUT2D eigenvalue weighted by Gasteiger charge is 2.47. The predicted molar refractivity (Wildman–Crippen MR) is 96.0 cm³/mol. The number of rotatable bonds is 4. The highest BCUT2D eigenvalue weighted by atomic mass is 32.2. The van der Waals surface area contributed by atoms with Gasteiger partial charge in [-0.25, -0.2) is 8.42 Å². The van der Waals surface area contributed by atoms with Gasteiger partial charge in [0.25, 0.3) is 0 Å². The smallest absolute Gasteiger partial charge is 0.390 e. The van der Waals surface area contributed by atoms with Crippen LogP contribution in [-0.2, 0) is 10.0 Å². The normalized spacial score (nSPS) is 29.1. The molecule has 2 aliphatic heterocycles. The van der Waals surface area contributed by atoms with Gasteiger partial charge in [-0.3, -0.25) is 0 Å². The lowest BCUT2D eigenvalue weighted by Crippen LogP contribution is -2.63. The molecule has 28 heavy (non-hydrogen) atoms. The summed E-state index contributed by atoms with van der Waals surface area (Å²) >= 11 is 0. The minimum Gasteiger partial charge on any atom is -0.390 e. The van der Waals surface area contributed by atoms with E-state index in [2.05, 4.69) is 0 Å². The molecule has 2 N–H and O–H groups in total. The molecule has 2 saturated heterocycles. The lowest BCUT2D eigenvalue weighted by molar-refractivity contribution is -0.188. The van der Waals surface area contributed by atoms with Gasteiger partial charge in [-0.1, -0.05) is 18.2 Å². The molecule has 1 aromatic carbocycles. The van der Waals surface area contributed by atoms with E-state index in [1.807, 2.05) is 0 Å². The summed E-state index contributed by atoms with van der Waals surface area (Å²) in [6.45, 7) is -0.0176. The molecule has 0 saturated carbocycles. The molecule has 3 rings (SSSR count). The van der Waals surface area contributed by atoms with Crippen LogP contribution in [0, 0.1) is 5.92 Å². The largest absolute Gasteiger partial charge is 0.391 e. The molecule has 0 spiro atoms. The number of benzene rings is 1. The molecule has 1 aromatic rings. The standard InChI is InChI=1S/C18H25F3N2O4S/c19-18(20,21)14-6-9-22(10-7-14)12-17(25)13-23(11-8-16(17)24)28(26,27)15-4-2-1-3-5-15/h1-5,14,16,24-25H,6-13H2/t16-,17+/m0/s1. The van der Waals surface area contributed by atoms with Gasteiger partial charge in [0.1, 0.15) is 5.60 Å². The minimum atomic E-state index is -4.23. The summed E-state index contributed by atoms with van der Waals surface area (Å²) < 4.78 is 65.3. The Kier molecular flexibility index (Phi) is 6.07. The van der Waals surface area contributed by atoms with Crippen molar-refractivity contribution >= 4 is 10.0 Å². The highest BCUT2D eigenvalue weighted by molar-refractivity contribution is 7.89. The first-order chi connectivity index (χ1) is 13.0. The molecule has 2 fully saturated rings. The van der Waals surface area contributed by atoms with Crippen molar-refractivity contribution in [3.05, 3.63) is 30.3 Å². The van der Waals surface area contributed by atoms with Gasteiger partial charge in [0.05, 0.1) is 16.9 Å². The summed E-state index contributed by atoms with van der Waals surface area (Å²) in [6.07, 6.45) is -5.45. The molecule has 158 valence electrons. The number of piperidine rings is 2. The monoisotopic (exact) mass is 422 g/mol. The maximum atomic E-state index is 12.8. The van der Waals surface area contributed by atoms with Gasteiger partial charge < -0.3 is 15.1 Å². The molecule has 0 aliphatic carbocycles. The van der Waals surface area contributed by atoms with Gasteiger partial charge in [0.2, 0.25) is 10.0 Å². The Balaban J connectivity index is 1.69. The van der Waals surface area contributed by atoms with Crippen LogP contribution in [0.5, 0.6) is 0 Å². The van der Waals surface area contributed by atoms with Crippen LogP contribution in [0.2, 0.25) is 0 Å². The van der Waals surface area contributed by atoms with E-state index in [0.29, 0.717) is 0 Å². The first-order valence-electron chi connectivity index (χ1n) is 9.27. The molecule has 0 unspecified atom stereocenters. The molecule has 0 bridgehead atoms. The summed E-state index contributed by atoms with van der Waals surface area (Å²) in [7, 11) is -3.83. The van der Waals surface area contributed by atoms with Crippen LogP contribution in [0.25, 0.3) is 0 Å². The Hall–Kier alpha value is -1.20. The number of aliphatic hydroxyl groups excluding tert-OH is 1. The fourth-order valence-electron chi connectivity index (χ4n) is 3.93. The number of halogens is 3. The topological polar surface area (TPSA) is 81.1 Å². The van der Waals surface area contributed by atoms with Crippen LogP contribution in [0.3, 0.4) is 0 Å². The van der Waals surface area contributed by atoms with Crippen LogP contribution >= 0.6 is 0 Å². The van der Waals surface area contributed by atoms with E-state index >= 15 is 0 Å². The summed E-state index contributed by atoms with van der Waals surface area (Å²) in [5, 5.41) is 21.3. The van der Waals surface area contributed by atoms with Gasteiger partial charge in [0.15, 0.2) is 0 Å². The number of nitrogens with zero attached hydrogens (tertiary/aromatic N) is 2. The molecule has 0 amide bonds. The third kappa shape index (κ3) is 4.51. The Bertz CT molecular complexity index is 767. The number of β-amino-alcohol motifs (C(OH)–C–C–N with tert-alkyl or cyclic N) is 1. The second kappa shape index (κ2) is 7.91. The third-order valence-corrected chi connectivity index (χ3v) is 7.51. The lowest BCUT2D eigenvalue weighted by Gasteiger charge is -2.45. The minimum absolute atomic E-state index is 0.0571. The SMILES string of the molecule is O=S(=O)(c1ccccc1)N1CC[C@H](O)[C@@](O)(CN2CCC(C(F)(F)F)CC2)C1. The Morgan fingerprint density at radius 3 is 2.25 bits per heavy atom. The number of alkyl halides is 3. The van der Waals surface area contributed by atoms with E-state index < -0.39 is 33.8 Å². The van der Waals surface area contributed by atoms with Crippen LogP contribution in [0.4, 0.5) is 13.2 Å². The quantitative estimate of drug-likeness (QED) is 0.768. The zero-order valence-corrected chi connectivity index (χ0v) is 16.2. The second-order valence-electron chi connectivity index (χ2n) is 7.65. The van der Waals surface area contributed by atoms with Crippen molar-refractivity contribution in [1.29, 1.82) is 0 Å². The van der Waals surface area contributed by atoms with E-state index in [1.165, 1.54) is 12.1 Å².